The van der Waals surface area contributed by atoms with Crippen LogP contribution in [0.1, 0.15) is 28.4 Å². The van der Waals surface area contributed by atoms with E-state index in [0.717, 1.165) is 22.6 Å². The molecule has 6 heteroatoms. The third kappa shape index (κ3) is 4.03. The highest BCUT2D eigenvalue weighted by molar-refractivity contribution is 5.94. The molecule has 2 aromatic rings. The quantitative estimate of drug-likeness (QED) is 0.837. The number of hydrogen-bond acceptors (Lipinski definition) is 5. The largest absolute Gasteiger partial charge is 0.494 e. The summed E-state index contributed by atoms with van der Waals surface area (Å²) in [6.45, 7) is 3.51. The van der Waals surface area contributed by atoms with Crippen molar-refractivity contribution in [1.29, 1.82) is 0 Å². The number of nitrogens with one attached hydrogen (secondary N) is 1. The number of carbonyl (C=O) groups is 1. The Morgan fingerprint density at radius 3 is 2.80 bits per heavy atom. The Balaban J connectivity index is 1.67. The van der Waals surface area contributed by atoms with Gasteiger partial charge in [0.25, 0.3) is 5.91 Å². The van der Waals surface area contributed by atoms with Gasteiger partial charge in [0.05, 0.1) is 13.2 Å². The number of ether oxygens (including phenoxy) is 4. The summed E-state index contributed by atoms with van der Waals surface area (Å²) in [6, 6.07) is 11.0. The van der Waals surface area contributed by atoms with Crippen LogP contribution in [-0.4, -0.2) is 26.4 Å². The topological polar surface area (TPSA) is 66.0 Å². The second kappa shape index (κ2) is 7.90. The minimum Gasteiger partial charge on any atom is -0.494 e. The van der Waals surface area contributed by atoms with E-state index in [0.29, 0.717) is 31.1 Å². The third-order valence-corrected chi connectivity index (χ3v) is 3.81. The summed E-state index contributed by atoms with van der Waals surface area (Å²) in [5.74, 6) is 2.01. The predicted octanol–water partition coefficient (Wildman–Crippen LogP) is 2.89. The summed E-state index contributed by atoms with van der Waals surface area (Å²) < 4.78 is 21.4. The number of rotatable bonds is 7. The van der Waals surface area contributed by atoms with Gasteiger partial charge < -0.3 is 24.3 Å². The van der Waals surface area contributed by atoms with Gasteiger partial charge >= 0.3 is 0 Å². The van der Waals surface area contributed by atoms with Crippen molar-refractivity contribution in [3.05, 3.63) is 53.1 Å². The second-order valence-corrected chi connectivity index (χ2v) is 5.56. The lowest BCUT2D eigenvalue weighted by Crippen LogP contribution is -2.23. The van der Waals surface area contributed by atoms with E-state index in [1.807, 2.05) is 25.1 Å². The number of hydrogen-bond donors (Lipinski definition) is 1. The Labute approximate surface area is 146 Å². The molecule has 2 aromatic carbocycles. The van der Waals surface area contributed by atoms with E-state index in [-0.39, 0.29) is 12.7 Å². The van der Waals surface area contributed by atoms with Gasteiger partial charge in [-0.15, -0.1) is 0 Å². The highest BCUT2D eigenvalue weighted by Crippen LogP contribution is 2.32. The van der Waals surface area contributed by atoms with E-state index in [4.69, 9.17) is 18.9 Å². The maximum absolute atomic E-state index is 12.4. The predicted molar refractivity (Wildman–Crippen MR) is 92.1 cm³/mol. The minimum absolute atomic E-state index is 0.155. The van der Waals surface area contributed by atoms with E-state index in [9.17, 15) is 4.79 Å². The summed E-state index contributed by atoms with van der Waals surface area (Å²) in [5.41, 5.74) is 2.36. The lowest BCUT2D eigenvalue weighted by atomic mass is 10.1. The smallest absolute Gasteiger partial charge is 0.251 e. The fraction of sp³-hybridized carbons (Fsp3) is 0.316. The van der Waals surface area contributed by atoms with Crippen LogP contribution >= 0.6 is 0 Å². The lowest BCUT2D eigenvalue weighted by Gasteiger charge is -2.12. The molecule has 3 rings (SSSR count). The fourth-order valence-electron chi connectivity index (χ4n) is 2.62. The molecular formula is C19H21NO5. The molecule has 0 bridgehead atoms. The summed E-state index contributed by atoms with van der Waals surface area (Å²) >= 11 is 0. The van der Waals surface area contributed by atoms with E-state index in [2.05, 4.69) is 5.32 Å². The average molecular weight is 343 g/mol. The maximum Gasteiger partial charge on any atom is 0.251 e. The SMILES string of the molecule is CCOc1ccc(C(=O)NCc2ccc3c(c2)OCO3)cc1COC. The number of amides is 1. The van der Waals surface area contributed by atoms with Gasteiger partial charge in [-0.05, 0) is 42.8 Å². The first-order valence-electron chi connectivity index (χ1n) is 8.12. The molecule has 0 radical (unpaired) electrons. The molecule has 0 fully saturated rings. The monoisotopic (exact) mass is 343 g/mol. The van der Waals surface area contributed by atoms with Crippen LogP contribution in [0, 0.1) is 0 Å². The minimum atomic E-state index is -0.155. The van der Waals surface area contributed by atoms with Crippen LogP contribution in [0.3, 0.4) is 0 Å². The van der Waals surface area contributed by atoms with Crippen molar-refractivity contribution >= 4 is 5.91 Å². The van der Waals surface area contributed by atoms with E-state index in [1.165, 1.54) is 0 Å². The zero-order chi connectivity index (χ0) is 17.6. The zero-order valence-electron chi connectivity index (χ0n) is 14.3. The van der Waals surface area contributed by atoms with Crippen LogP contribution in [0.4, 0.5) is 0 Å². The van der Waals surface area contributed by atoms with Gasteiger partial charge in [-0.25, -0.2) is 0 Å². The molecule has 1 aliphatic rings. The number of fused-ring (bicyclic) bond motifs is 1. The molecule has 132 valence electrons. The first-order valence-corrected chi connectivity index (χ1v) is 8.12. The van der Waals surface area contributed by atoms with Crippen LogP contribution in [0.15, 0.2) is 36.4 Å². The van der Waals surface area contributed by atoms with Gasteiger partial charge in [-0.2, -0.15) is 0 Å². The van der Waals surface area contributed by atoms with Crippen molar-refractivity contribution in [3.63, 3.8) is 0 Å². The molecule has 1 amide bonds. The van der Waals surface area contributed by atoms with Crippen LogP contribution in [0.25, 0.3) is 0 Å². The van der Waals surface area contributed by atoms with Crippen molar-refractivity contribution in [1.82, 2.24) is 5.32 Å². The van der Waals surface area contributed by atoms with Crippen molar-refractivity contribution in [2.45, 2.75) is 20.1 Å². The molecule has 1 aliphatic heterocycles. The highest BCUT2D eigenvalue weighted by Gasteiger charge is 2.14. The summed E-state index contributed by atoms with van der Waals surface area (Å²) in [7, 11) is 1.61. The molecule has 0 atom stereocenters. The van der Waals surface area contributed by atoms with E-state index in [1.54, 1.807) is 25.3 Å². The zero-order valence-corrected chi connectivity index (χ0v) is 14.3. The fourth-order valence-corrected chi connectivity index (χ4v) is 2.62. The van der Waals surface area contributed by atoms with Gasteiger partial charge in [-0.1, -0.05) is 6.07 Å². The highest BCUT2D eigenvalue weighted by atomic mass is 16.7. The molecule has 6 nitrogen and oxygen atoms in total. The molecule has 25 heavy (non-hydrogen) atoms. The molecule has 1 N–H and O–H groups in total. The molecule has 0 saturated carbocycles. The first kappa shape index (κ1) is 17.1. The molecular weight excluding hydrogens is 322 g/mol. The normalized spacial score (nSPS) is 12.1. The number of benzene rings is 2. The van der Waals surface area contributed by atoms with E-state index < -0.39 is 0 Å². The van der Waals surface area contributed by atoms with Crippen LogP contribution < -0.4 is 19.5 Å². The van der Waals surface area contributed by atoms with Crippen LogP contribution in [0.5, 0.6) is 17.2 Å². The van der Waals surface area contributed by atoms with Crippen molar-refractivity contribution in [2.75, 3.05) is 20.5 Å². The first-order chi connectivity index (χ1) is 12.2. The van der Waals surface area contributed by atoms with Gasteiger partial charge in [0.2, 0.25) is 6.79 Å². The Hall–Kier alpha value is -2.73. The second-order valence-electron chi connectivity index (χ2n) is 5.56. The maximum atomic E-state index is 12.4. The molecule has 0 aliphatic carbocycles. The molecule has 0 saturated heterocycles. The number of carbonyl (C=O) groups excluding carboxylic acids is 1. The van der Waals surface area contributed by atoms with Crippen molar-refractivity contribution < 1.29 is 23.7 Å². The van der Waals surface area contributed by atoms with Gasteiger partial charge in [0, 0.05) is 24.8 Å². The summed E-state index contributed by atoms with van der Waals surface area (Å²) in [4.78, 5) is 12.4. The Morgan fingerprint density at radius 2 is 2.00 bits per heavy atom. The summed E-state index contributed by atoms with van der Waals surface area (Å²) in [6.07, 6.45) is 0. The van der Waals surface area contributed by atoms with Crippen LogP contribution in [0.2, 0.25) is 0 Å². The summed E-state index contributed by atoms with van der Waals surface area (Å²) in [5, 5.41) is 2.91. The van der Waals surface area contributed by atoms with Gasteiger partial charge in [0.15, 0.2) is 11.5 Å². The van der Waals surface area contributed by atoms with E-state index >= 15 is 0 Å². The Morgan fingerprint density at radius 1 is 1.16 bits per heavy atom. The molecule has 0 unspecified atom stereocenters. The van der Waals surface area contributed by atoms with Gasteiger partial charge in [0.1, 0.15) is 5.75 Å². The average Bonchev–Trinajstić information content (AvgIpc) is 3.09. The molecule has 0 aromatic heterocycles. The van der Waals surface area contributed by atoms with Crippen molar-refractivity contribution in [2.24, 2.45) is 0 Å². The standard InChI is InChI=1S/C19H21NO5/c1-3-23-16-7-5-14(9-15(16)11-22-2)19(21)20-10-13-4-6-17-18(8-13)25-12-24-17/h4-9H,3,10-12H2,1-2H3,(H,20,21). The Bertz CT molecular complexity index is 759. The van der Waals surface area contributed by atoms with Crippen LogP contribution in [-0.2, 0) is 17.9 Å². The Kier molecular flexibility index (Phi) is 5.40. The molecule has 0 spiro atoms. The molecule has 1 heterocycles. The van der Waals surface area contributed by atoms with Crippen molar-refractivity contribution in [3.8, 4) is 17.2 Å². The third-order valence-electron chi connectivity index (χ3n) is 3.81. The number of methoxy groups -OCH3 is 1. The lowest BCUT2D eigenvalue weighted by molar-refractivity contribution is 0.0950. The van der Waals surface area contributed by atoms with Gasteiger partial charge in [-0.3, -0.25) is 4.79 Å².